The summed E-state index contributed by atoms with van der Waals surface area (Å²) in [6.07, 6.45) is 1.45. The highest BCUT2D eigenvalue weighted by molar-refractivity contribution is 9.10. The van der Waals surface area contributed by atoms with Gasteiger partial charge in [-0.3, -0.25) is 14.9 Å². The normalized spacial score (nSPS) is 14.9. The second-order valence-corrected chi connectivity index (χ2v) is 9.26. The minimum Gasteiger partial charge on any atom is -0.488 e. The Morgan fingerprint density at radius 1 is 0.917 bits per heavy atom. The summed E-state index contributed by atoms with van der Waals surface area (Å²) < 4.78 is 6.98. The summed E-state index contributed by atoms with van der Waals surface area (Å²) in [4.78, 5) is 39.3. The number of aryl methyl sites for hydroxylation is 1. The van der Waals surface area contributed by atoms with Crippen molar-refractivity contribution in [2.45, 2.75) is 13.5 Å². The van der Waals surface area contributed by atoms with Crippen LogP contribution < -0.4 is 15.0 Å². The van der Waals surface area contributed by atoms with Crippen molar-refractivity contribution in [2.24, 2.45) is 0 Å². The van der Waals surface area contributed by atoms with Gasteiger partial charge < -0.3 is 4.74 Å². The lowest BCUT2D eigenvalue weighted by atomic mass is 10.0. The van der Waals surface area contributed by atoms with E-state index in [4.69, 9.17) is 4.74 Å². The van der Waals surface area contributed by atoms with E-state index in [0.29, 0.717) is 23.6 Å². The van der Waals surface area contributed by atoms with E-state index in [1.54, 1.807) is 42.5 Å². The van der Waals surface area contributed by atoms with Gasteiger partial charge in [0.05, 0.1) is 5.69 Å². The summed E-state index contributed by atoms with van der Waals surface area (Å²) in [7, 11) is 0. The summed E-state index contributed by atoms with van der Waals surface area (Å²) >= 11 is 3.45. The topological polar surface area (TPSA) is 75.7 Å². The number of hydrogen-bond donors (Lipinski definition) is 1. The van der Waals surface area contributed by atoms with E-state index >= 15 is 0 Å². The Bertz CT molecular complexity index is 1550. The molecule has 7 heteroatoms. The Morgan fingerprint density at radius 2 is 1.67 bits per heavy atom. The first-order valence-electron chi connectivity index (χ1n) is 11.3. The molecule has 1 N–H and O–H groups in total. The summed E-state index contributed by atoms with van der Waals surface area (Å²) in [5.74, 6) is -0.958. The Hall–Kier alpha value is -4.23. The molecule has 4 aromatic rings. The number of nitrogens with one attached hydrogen (secondary N) is 1. The number of rotatable bonds is 5. The number of anilines is 1. The molecule has 1 fully saturated rings. The number of para-hydroxylation sites is 1. The smallest absolute Gasteiger partial charge is 0.335 e. The molecule has 36 heavy (non-hydrogen) atoms. The second kappa shape index (κ2) is 9.79. The van der Waals surface area contributed by atoms with Crippen molar-refractivity contribution in [3.8, 4) is 5.75 Å². The standard InChI is InChI=1S/C29H21BrN2O4/c1-18-11-12-19-7-5-6-10-23(19)25(18)17-36-26-14-13-21(30)15-20(26)16-24-27(33)31-29(35)32(28(24)34)22-8-3-2-4-9-22/h2-16H,17H2,1H3,(H,31,33,35)/b24-16+. The maximum absolute atomic E-state index is 13.2. The first-order chi connectivity index (χ1) is 17.4. The molecule has 1 aliphatic rings. The fraction of sp³-hybridized carbons (Fsp3) is 0.0690. The third-order valence-corrected chi connectivity index (χ3v) is 6.53. The molecule has 0 aromatic heterocycles. The molecule has 0 atom stereocenters. The van der Waals surface area contributed by atoms with Crippen LogP contribution in [-0.2, 0) is 16.2 Å². The number of fused-ring (bicyclic) bond motifs is 1. The van der Waals surface area contributed by atoms with Crippen LogP contribution in [0, 0.1) is 6.92 Å². The Balaban J connectivity index is 1.50. The molecule has 178 valence electrons. The molecule has 0 spiro atoms. The van der Waals surface area contributed by atoms with E-state index in [9.17, 15) is 14.4 Å². The molecule has 4 amide bonds. The van der Waals surface area contributed by atoms with E-state index in [-0.39, 0.29) is 5.57 Å². The molecular weight excluding hydrogens is 520 g/mol. The maximum atomic E-state index is 13.2. The van der Waals surface area contributed by atoms with E-state index in [1.807, 2.05) is 25.1 Å². The number of carbonyl (C=O) groups is 3. The van der Waals surface area contributed by atoms with Crippen LogP contribution in [0.4, 0.5) is 10.5 Å². The van der Waals surface area contributed by atoms with Gasteiger partial charge in [0.25, 0.3) is 11.8 Å². The summed E-state index contributed by atoms with van der Waals surface area (Å²) in [6.45, 7) is 2.34. The Morgan fingerprint density at radius 3 is 2.47 bits per heavy atom. The fourth-order valence-electron chi connectivity index (χ4n) is 4.17. The Labute approximate surface area is 216 Å². The van der Waals surface area contributed by atoms with Gasteiger partial charge in [-0.2, -0.15) is 0 Å². The number of amides is 4. The number of benzene rings is 4. The predicted molar refractivity (Wildman–Crippen MR) is 143 cm³/mol. The third kappa shape index (κ3) is 4.53. The summed E-state index contributed by atoms with van der Waals surface area (Å²) in [5, 5.41) is 4.48. The molecule has 6 nitrogen and oxygen atoms in total. The number of barbiturate groups is 1. The van der Waals surface area contributed by atoms with Crippen LogP contribution in [0.3, 0.4) is 0 Å². The average molecular weight is 541 g/mol. The zero-order chi connectivity index (χ0) is 25.2. The molecular formula is C29H21BrN2O4. The van der Waals surface area contributed by atoms with Crippen LogP contribution in [0.2, 0.25) is 0 Å². The number of hydrogen-bond acceptors (Lipinski definition) is 4. The third-order valence-electron chi connectivity index (χ3n) is 6.03. The number of carbonyl (C=O) groups excluding carboxylic acids is 3. The minimum absolute atomic E-state index is 0.164. The van der Waals surface area contributed by atoms with Crippen molar-refractivity contribution in [3.05, 3.63) is 112 Å². The van der Waals surface area contributed by atoms with Crippen molar-refractivity contribution >= 4 is 56.3 Å². The van der Waals surface area contributed by atoms with Gasteiger partial charge >= 0.3 is 6.03 Å². The van der Waals surface area contributed by atoms with Gasteiger partial charge in [0, 0.05) is 15.6 Å². The molecule has 0 radical (unpaired) electrons. The van der Waals surface area contributed by atoms with Gasteiger partial charge in [-0.1, -0.05) is 70.5 Å². The van der Waals surface area contributed by atoms with Crippen molar-refractivity contribution in [2.75, 3.05) is 4.90 Å². The quantitative estimate of drug-likeness (QED) is 0.243. The predicted octanol–water partition coefficient (Wildman–Crippen LogP) is 6.16. The summed E-state index contributed by atoms with van der Waals surface area (Å²) in [6, 6.07) is 25.3. The minimum atomic E-state index is -0.787. The van der Waals surface area contributed by atoms with Gasteiger partial charge in [-0.15, -0.1) is 0 Å². The largest absolute Gasteiger partial charge is 0.488 e. The van der Waals surface area contributed by atoms with E-state index in [1.165, 1.54) is 6.08 Å². The number of nitrogens with zero attached hydrogens (tertiary/aromatic N) is 1. The Kier molecular flexibility index (Phi) is 6.40. The lowest BCUT2D eigenvalue weighted by Crippen LogP contribution is -2.54. The van der Waals surface area contributed by atoms with E-state index in [2.05, 4.69) is 45.5 Å². The lowest BCUT2D eigenvalue weighted by molar-refractivity contribution is -0.122. The number of urea groups is 1. The first-order valence-corrected chi connectivity index (χ1v) is 12.1. The molecule has 1 saturated heterocycles. The van der Waals surface area contributed by atoms with Crippen LogP contribution in [0.1, 0.15) is 16.7 Å². The van der Waals surface area contributed by atoms with Crippen molar-refractivity contribution in [1.29, 1.82) is 0 Å². The molecule has 5 rings (SSSR count). The highest BCUT2D eigenvalue weighted by atomic mass is 79.9. The first kappa shape index (κ1) is 23.5. The van der Waals surface area contributed by atoms with Gasteiger partial charge in [0.2, 0.25) is 0 Å². The second-order valence-electron chi connectivity index (χ2n) is 8.35. The van der Waals surface area contributed by atoms with E-state index in [0.717, 1.165) is 31.3 Å². The monoisotopic (exact) mass is 540 g/mol. The zero-order valence-corrected chi connectivity index (χ0v) is 20.9. The van der Waals surface area contributed by atoms with Crippen molar-refractivity contribution in [1.82, 2.24) is 5.32 Å². The van der Waals surface area contributed by atoms with Crippen molar-refractivity contribution < 1.29 is 19.1 Å². The number of halogens is 1. The molecule has 4 aromatic carbocycles. The average Bonchev–Trinajstić information content (AvgIpc) is 2.87. The molecule has 0 aliphatic carbocycles. The number of imide groups is 2. The van der Waals surface area contributed by atoms with E-state index < -0.39 is 17.8 Å². The fourth-order valence-corrected chi connectivity index (χ4v) is 4.55. The van der Waals surface area contributed by atoms with Crippen LogP contribution >= 0.6 is 15.9 Å². The van der Waals surface area contributed by atoms with Gasteiger partial charge in [0.15, 0.2) is 0 Å². The summed E-state index contributed by atoms with van der Waals surface area (Å²) in [5.41, 5.74) is 2.90. The SMILES string of the molecule is Cc1ccc2ccccc2c1COc1ccc(Br)cc1/C=C1\C(=O)NC(=O)N(c2ccccc2)C1=O. The van der Waals surface area contributed by atoms with Gasteiger partial charge in [0.1, 0.15) is 17.9 Å². The zero-order valence-electron chi connectivity index (χ0n) is 19.3. The van der Waals surface area contributed by atoms with Gasteiger partial charge in [-0.05, 0) is 59.7 Å². The molecule has 1 heterocycles. The highest BCUT2D eigenvalue weighted by Gasteiger charge is 2.36. The highest BCUT2D eigenvalue weighted by Crippen LogP contribution is 2.30. The molecule has 0 saturated carbocycles. The van der Waals surface area contributed by atoms with Crippen LogP contribution in [0.15, 0.2) is 95.0 Å². The molecule has 0 unspecified atom stereocenters. The molecule has 1 aliphatic heterocycles. The van der Waals surface area contributed by atoms with Crippen molar-refractivity contribution in [3.63, 3.8) is 0 Å². The number of ether oxygens (including phenoxy) is 1. The van der Waals surface area contributed by atoms with Crippen LogP contribution in [0.25, 0.3) is 16.8 Å². The lowest BCUT2D eigenvalue weighted by Gasteiger charge is -2.26. The maximum Gasteiger partial charge on any atom is 0.335 e. The van der Waals surface area contributed by atoms with Crippen LogP contribution in [-0.4, -0.2) is 17.8 Å². The molecule has 0 bridgehead atoms. The van der Waals surface area contributed by atoms with Crippen LogP contribution in [0.5, 0.6) is 5.75 Å². The van der Waals surface area contributed by atoms with Gasteiger partial charge in [-0.25, -0.2) is 9.69 Å².